The Bertz CT molecular complexity index is 1350. The van der Waals surface area contributed by atoms with Crippen LogP contribution in [0.4, 0.5) is 5.69 Å². The molecule has 1 atom stereocenters. The molecule has 0 fully saturated rings. The van der Waals surface area contributed by atoms with E-state index in [-0.39, 0.29) is 17.5 Å². The summed E-state index contributed by atoms with van der Waals surface area (Å²) in [4.78, 5) is 13.5. The number of ether oxygens (including phenoxy) is 1. The van der Waals surface area contributed by atoms with Crippen molar-refractivity contribution < 1.29 is 17.9 Å². The Hall–Kier alpha value is -2.84. The molecule has 4 rings (SSSR count). The minimum absolute atomic E-state index is 0.129. The highest BCUT2D eigenvalue weighted by Crippen LogP contribution is 2.40. The number of rotatable bonds is 6. The van der Waals surface area contributed by atoms with Gasteiger partial charge in [-0.3, -0.25) is 9.10 Å². The van der Waals surface area contributed by atoms with Crippen LogP contribution in [-0.4, -0.2) is 26.5 Å². The Morgan fingerprint density at radius 1 is 1.06 bits per heavy atom. The highest BCUT2D eigenvalue weighted by molar-refractivity contribution is 9.10. The molecule has 0 aromatic heterocycles. The molecule has 0 aliphatic carbocycles. The maximum atomic E-state index is 13.6. The minimum Gasteiger partial charge on any atom is -0.487 e. The highest BCUT2D eigenvalue weighted by Gasteiger charge is 2.35. The lowest BCUT2D eigenvalue weighted by atomic mass is 9.89. The second-order valence-corrected chi connectivity index (χ2v) is 12.3. The third kappa shape index (κ3) is 5.70. The van der Waals surface area contributed by atoms with Crippen molar-refractivity contribution in [3.05, 3.63) is 87.9 Å². The number of halogens is 1. The molecule has 6 nitrogen and oxygen atoms in total. The molecule has 1 N–H and O–H groups in total. The van der Waals surface area contributed by atoms with Crippen LogP contribution in [0.15, 0.2) is 76.1 Å². The van der Waals surface area contributed by atoms with E-state index in [1.165, 1.54) is 0 Å². The SMILES string of the molecule is Cc1ccc(S(=O)(=O)N(CC(=O)NC2CC(C)(C)Oc3ccc(C)cc32)c2cccc(Br)c2)cc1. The van der Waals surface area contributed by atoms with E-state index in [0.29, 0.717) is 12.1 Å². The predicted octanol–water partition coefficient (Wildman–Crippen LogP) is 5.68. The molecule has 1 amide bonds. The van der Waals surface area contributed by atoms with Crippen LogP contribution in [0.2, 0.25) is 0 Å². The van der Waals surface area contributed by atoms with E-state index in [9.17, 15) is 13.2 Å². The van der Waals surface area contributed by atoms with Crippen molar-refractivity contribution in [2.45, 2.75) is 50.7 Å². The quantitative estimate of drug-likeness (QED) is 0.423. The second-order valence-electron chi connectivity index (χ2n) is 9.53. The van der Waals surface area contributed by atoms with Gasteiger partial charge in [0.05, 0.1) is 16.6 Å². The van der Waals surface area contributed by atoms with E-state index in [4.69, 9.17) is 4.74 Å². The summed E-state index contributed by atoms with van der Waals surface area (Å²) in [6.45, 7) is 7.48. The fraction of sp³-hybridized carbons (Fsp3) is 0.296. The van der Waals surface area contributed by atoms with Crippen molar-refractivity contribution in [3.8, 4) is 5.75 Å². The van der Waals surface area contributed by atoms with Crippen molar-refractivity contribution in [1.29, 1.82) is 0 Å². The van der Waals surface area contributed by atoms with Gasteiger partial charge in [-0.1, -0.05) is 57.4 Å². The molecule has 8 heteroatoms. The van der Waals surface area contributed by atoms with Gasteiger partial charge in [-0.15, -0.1) is 0 Å². The maximum Gasteiger partial charge on any atom is 0.264 e. The number of hydrogen-bond donors (Lipinski definition) is 1. The first-order chi connectivity index (χ1) is 16.4. The molecule has 1 aliphatic rings. The molecule has 35 heavy (non-hydrogen) atoms. The molecule has 3 aromatic carbocycles. The molecular weight excluding hydrogens is 528 g/mol. The Kier molecular flexibility index (Phi) is 6.97. The van der Waals surface area contributed by atoms with Crippen molar-refractivity contribution in [3.63, 3.8) is 0 Å². The summed E-state index contributed by atoms with van der Waals surface area (Å²) in [6, 6.07) is 19.1. The van der Waals surface area contributed by atoms with E-state index >= 15 is 0 Å². The summed E-state index contributed by atoms with van der Waals surface area (Å²) in [7, 11) is -3.99. The van der Waals surface area contributed by atoms with Gasteiger partial charge in [0.1, 0.15) is 17.9 Å². The van der Waals surface area contributed by atoms with Crippen LogP contribution in [0.3, 0.4) is 0 Å². The summed E-state index contributed by atoms with van der Waals surface area (Å²) in [5.41, 5.74) is 2.83. The number of aryl methyl sites for hydroxylation is 2. The van der Waals surface area contributed by atoms with Gasteiger partial charge in [0.2, 0.25) is 5.91 Å². The van der Waals surface area contributed by atoms with Crippen molar-refractivity contribution in [2.24, 2.45) is 0 Å². The Labute approximate surface area is 215 Å². The molecule has 0 radical (unpaired) electrons. The largest absolute Gasteiger partial charge is 0.487 e. The monoisotopic (exact) mass is 556 g/mol. The van der Waals surface area contributed by atoms with Gasteiger partial charge in [0.15, 0.2) is 0 Å². The first-order valence-electron chi connectivity index (χ1n) is 11.4. The molecule has 0 spiro atoms. The van der Waals surface area contributed by atoms with Crippen LogP contribution in [0.1, 0.15) is 43.0 Å². The zero-order valence-electron chi connectivity index (χ0n) is 20.2. The fourth-order valence-corrected chi connectivity index (χ4v) is 6.06. The third-order valence-corrected chi connectivity index (χ3v) is 8.23. The molecule has 0 saturated carbocycles. The molecule has 1 unspecified atom stereocenters. The number of benzene rings is 3. The van der Waals surface area contributed by atoms with E-state index in [2.05, 4.69) is 21.2 Å². The van der Waals surface area contributed by atoms with Crippen molar-refractivity contribution >= 4 is 37.5 Å². The van der Waals surface area contributed by atoms with Crippen LogP contribution in [0, 0.1) is 13.8 Å². The summed E-state index contributed by atoms with van der Waals surface area (Å²) in [6.07, 6.45) is 0.566. The highest BCUT2D eigenvalue weighted by atomic mass is 79.9. The fourth-order valence-electron chi connectivity index (χ4n) is 4.26. The lowest BCUT2D eigenvalue weighted by Gasteiger charge is -2.38. The first-order valence-corrected chi connectivity index (χ1v) is 13.6. The Morgan fingerprint density at radius 3 is 2.43 bits per heavy atom. The summed E-state index contributed by atoms with van der Waals surface area (Å²) >= 11 is 3.41. The van der Waals surface area contributed by atoms with Crippen LogP contribution < -0.4 is 14.4 Å². The minimum atomic E-state index is -3.99. The summed E-state index contributed by atoms with van der Waals surface area (Å²) in [5.74, 6) is 0.337. The van der Waals surface area contributed by atoms with Crippen LogP contribution >= 0.6 is 15.9 Å². The average Bonchev–Trinajstić information content (AvgIpc) is 2.77. The van der Waals surface area contributed by atoms with Gasteiger partial charge in [-0.05, 0) is 64.1 Å². The van der Waals surface area contributed by atoms with E-state index < -0.39 is 21.5 Å². The van der Waals surface area contributed by atoms with Gasteiger partial charge < -0.3 is 10.1 Å². The summed E-state index contributed by atoms with van der Waals surface area (Å²) in [5, 5.41) is 3.07. The zero-order valence-corrected chi connectivity index (χ0v) is 22.6. The first kappa shape index (κ1) is 25.3. The van der Waals surface area contributed by atoms with Crippen molar-refractivity contribution in [2.75, 3.05) is 10.8 Å². The number of fused-ring (bicyclic) bond motifs is 1. The third-order valence-electron chi connectivity index (χ3n) is 5.95. The maximum absolute atomic E-state index is 13.6. The van der Waals surface area contributed by atoms with Gasteiger partial charge >= 0.3 is 0 Å². The molecular formula is C27H29BrN2O4S. The zero-order chi connectivity index (χ0) is 25.4. The number of nitrogens with one attached hydrogen (secondary N) is 1. The molecule has 1 heterocycles. The van der Waals surface area contributed by atoms with Gasteiger partial charge in [-0.2, -0.15) is 0 Å². The van der Waals surface area contributed by atoms with E-state index in [1.54, 1.807) is 42.5 Å². The lowest BCUT2D eigenvalue weighted by molar-refractivity contribution is -0.120. The van der Waals surface area contributed by atoms with Crippen LogP contribution in [0.25, 0.3) is 0 Å². The normalized spacial score (nSPS) is 16.7. The number of carbonyl (C=O) groups excluding carboxylic acids is 1. The van der Waals surface area contributed by atoms with Crippen molar-refractivity contribution in [1.82, 2.24) is 5.32 Å². The summed E-state index contributed by atoms with van der Waals surface area (Å²) < 4.78 is 35.3. The van der Waals surface area contributed by atoms with E-state index in [1.807, 2.05) is 52.0 Å². The average molecular weight is 558 g/mol. The smallest absolute Gasteiger partial charge is 0.264 e. The number of hydrogen-bond acceptors (Lipinski definition) is 4. The number of sulfonamides is 1. The van der Waals surface area contributed by atoms with Crippen LogP contribution in [0.5, 0.6) is 5.75 Å². The van der Waals surface area contributed by atoms with Gasteiger partial charge in [-0.25, -0.2) is 8.42 Å². The number of carbonyl (C=O) groups is 1. The van der Waals surface area contributed by atoms with Gasteiger partial charge in [0, 0.05) is 16.5 Å². The van der Waals surface area contributed by atoms with E-state index in [0.717, 1.165) is 31.2 Å². The number of anilines is 1. The molecule has 1 aliphatic heterocycles. The molecule has 184 valence electrons. The second kappa shape index (κ2) is 9.66. The molecule has 0 bridgehead atoms. The number of amides is 1. The Balaban J connectivity index is 1.66. The lowest BCUT2D eigenvalue weighted by Crippen LogP contribution is -2.45. The van der Waals surface area contributed by atoms with Crippen LogP contribution in [-0.2, 0) is 14.8 Å². The number of nitrogens with zero attached hydrogens (tertiary/aromatic N) is 1. The predicted molar refractivity (Wildman–Crippen MR) is 141 cm³/mol. The molecule has 0 saturated heterocycles. The topological polar surface area (TPSA) is 75.7 Å². The Morgan fingerprint density at radius 2 is 1.74 bits per heavy atom. The molecule has 3 aromatic rings. The van der Waals surface area contributed by atoms with Gasteiger partial charge in [0.25, 0.3) is 10.0 Å². The standard InChI is InChI=1S/C27H29BrN2O4S/c1-18-8-11-22(12-9-18)35(32,33)30(21-7-5-6-20(28)15-21)17-26(31)29-24-16-27(3,4)34-25-13-10-19(2)14-23(24)25/h5-15,24H,16-17H2,1-4H3,(H,29,31).